The van der Waals surface area contributed by atoms with Crippen LogP contribution in [0.15, 0.2) is 47.4 Å². The fraction of sp³-hybridized carbons (Fsp3) is 0.133. The summed E-state index contributed by atoms with van der Waals surface area (Å²) < 4.78 is 23.2. The Morgan fingerprint density at radius 2 is 1.90 bits per heavy atom. The Morgan fingerprint density at radius 1 is 1.19 bits per heavy atom. The molecule has 0 amide bonds. The molecule has 0 fully saturated rings. The summed E-state index contributed by atoms with van der Waals surface area (Å²) in [5, 5.41) is 9.15. The molecule has 110 valence electrons. The van der Waals surface area contributed by atoms with Crippen LogP contribution in [-0.4, -0.2) is 25.7 Å². The zero-order valence-corrected chi connectivity index (χ0v) is 12.8. The molecular weight excluding hydrogens is 312 g/mol. The third-order valence-corrected chi connectivity index (χ3v) is 4.38. The van der Waals surface area contributed by atoms with Crippen LogP contribution < -0.4 is 0 Å². The van der Waals surface area contributed by atoms with E-state index in [9.17, 15) is 13.2 Å². The summed E-state index contributed by atoms with van der Waals surface area (Å²) in [6.07, 6.45) is 1.03. The Kier molecular flexibility index (Phi) is 4.34. The zero-order valence-electron chi connectivity index (χ0n) is 11.2. The molecule has 0 aromatic heterocycles. The molecule has 0 unspecified atom stereocenters. The molecule has 2 aromatic carbocycles. The molecule has 0 radical (unpaired) electrons. The lowest BCUT2D eigenvalue weighted by atomic mass is 10.0. The van der Waals surface area contributed by atoms with Crippen molar-refractivity contribution in [3.05, 3.63) is 53.1 Å². The second-order valence-corrected chi connectivity index (χ2v) is 7.11. The molecule has 0 aliphatic carbocycles. The maximum Gasteiger partial charge on any atom is 0.307 e. The minimum atomic E-state index is -3.29. The minimum Gasteiger partial charge on any atom is -0.481 e. The Hall–Kier alpha value is -1.85. The normalized spacial score (nSPS) is 11.3. The minimum absolute atomic E-state index is 0.108. The lowest BCUT2D eigenvalue weighted by molar-refractivity contribution is -0.136. The van der Waals surface area contributed by atoms with Gasteiger partial charge in [0, 0.05) is 16.8 Å². The predicted octanol–water partition coefficient (Wildman–Crippen LogP) is 3.04. The number of carbonyl (C=O) groups is 1. The second-order valence-electron chi connectivity index (χ2n) is 4.68. The lowest BCUT2D eigenvalue weighted by Gasteiger charge is -2.08. The largest absolute Gasteiger partial charge is 0.481 e. The average molecular weight is 325 g/mol. The highest BCUT2D eigenvalue weighted by molar-refractivity contribution is 7.90. The fourth-order valence-electron chi connectivity index (χ4n) is 1.97. The first kappa shape index (κ1) is 15.5. The number of carboxylic acid groups (broad SMARTS) is 1. The number of hydrogen-bond donors (Lipinski definition) is 1. The molecule has 0 aliphatic rings. The summed E-state index contributed by atoms with van der Waals surface area (Å²) in [4.78, 5) is 10.9. The van der Waals surface area contributed by atoms with Crippen LogP contribution in [0.25, 0.3) is 11.1 Å². The highest BCUT2D eigenvalue weighted by Gasteiger charge is 2.11. The topological polar surface area (TPSA) is 71.4 Å². The lowest BCUT2D eigenvalue weighted by Crippen LogP contribution is -2.00. The third kappa shape index (κ3) is 3.83. The maximum atomic E-state index is 11.6. The van der Waals surface area contributed by atoms with Crippen LogP contribution >= 0.6 is 11.6 Å². The van der Waals surface area contributed by atoms with E-state index < -0.39 is 15.8 Å². The van der Waals surface area contributed by atoms with E-state index in [4.69, 9.17) is 16.7 Å². The van der Waals surface area contributed by atoms with Crippen LogP contribution in [0, 0.1) is 0 Å². The van der Waals surface area contributed by atoms with Crippen molar-refractivity contribution < 1.29 is 18.3 Å². The van der Waals surface area contributed by atoms with Crippen LogP contribution in [0.5, 0.6) is 0 Å². The molecule has 0 bridgehead atoms. The van der Waals surface area contributed by atoms with Gasteiger partial charge in [0.1, 0.15) is 0 Å². The molecule has 0 heterocycles. The zero-order chi connectivity index (χ0) is 15.6. The van der Waals surface area contributed by atoms with Crippen molar-refractivity contribution in [1.29, 1.82) is 0 Å². The standard InChI is InChI=1S/C15H13ClO4S/c1-21(19,20)12-4-2-3-11(9-12)13-6-5-10(7-14(13)16)8-15(17)18/h2-7,9H,8H2,1H3,(H,17,18). The number of carboxylic acids is 1. The van der Waals surface area contributed by atoms with Crippen molar-refractivity contribution >= 4 is 27.4 Å². The Balaban J connectivity index is 2.45. The quantitative estimate of drug-likeness (QED) is 0.938. The van der Waals surface area contributed by atoms with Crippen LogP contribution in [0.1, 0.15) is 5.56 Å². The fourth-order valence-corrected chi connectivity index (χ4v) is 2.95. The summed E-state index contributed by atoms with van der Waals surface area (Å²) in [5.41, 5.74) is 1.93. The van der Waals surface area contributed by atoms with Gasteiger partial charge in [0.25, 0.3) is 0 Å². The Morgan fingerprint density at radius 3 is 2.48 bits per heavy atom. The van der Waals surface area contributed by atoms with Gasteiger partial charge in [-0.25, -0.2) is 8.42 Å². The second kappa shape index (κ2) is 5.87. The molecule has 0 saturated carbocycles. The first-order valence-electron chi connectivity index (χ1n) is 6.08. The number of hydrogen-bond acceptors (Lipinski definition) is 3. The van der Waals surface area contributed by atoms with Crippen molar-refractivity contribution in [3.8, 4) is 11.1 Å². The molecule has 1 N–H and O–H groups in total. The van der Waals surface area contributed by atoms with Gasteiger partial charge in [0.05, 0.1) is 11.3 Å². The van der Waals surface area contributed by atoms with Gasteiger partial charge in [0.15, 0.2) is 9.84 Å². The molecular formula is C15H13ClO4S. The van der Waals surface area contributed by atoms with E-state index in [0.29, 0.717) is 21.7 Å². The summed E-state index contributed by atoms with van der Waals surface area (Å²) in [6.45, 7) is 0. The van der Waals surface area contributed by atoms with Gasteiger partial charge in [-0.2, -0.15) is 0 Å². The summed E-state index contributed by atoms with van der Waals surface area (Å²) >= 11 is 6.17. The summed E-state index contributed by atoms with van der Waals surface area (Å²) in [6, 6.07) is 11.4. The van der Waals surface area contributed by atoms with Crippen LogP contribution in [-0.2, 0) is 21.1 Å². The molecule has 21 heavy (non-hydrogen) atoms. The number of sulfone groups is 1. The van der Waals surface area contributed by atoms with Gasteiger partial charge in [-0.05, 0) is 29.3 Å². The molecule has 6 heteroatoms. The molecule has 2 aromatic rings. The monoisotopic (exact) mass is 324 g/mol. The highest BCUT2D eigenvalue weighted by Crippen LogP contribution is 2.30. The van der Waals surface area contributed by atoms with E-state index in [2.05, 4.69) is 0 Å². The Labute approximate surface area is 127 Å². The maximum absolute atomic E-state index is 11.6. The molecule has 0 spiro atoms. The van der Waals surface area contributed by atoms with Gasteiger partial charge >= 0.3 is 5.97 Å². The highest BCUT2D eigenvalue weighted by atomic mass is 35.5. The van der Waals surface area contributed by atoms with Crippen molar-refractivity contribution in [2.24, 2.45) is 0 Å². The summed E-state index contributed by atoms with van der Waals surface area (Å²) in [7, 11) is -3.29. The molecule has 4 nitrogen and oxygen atoms in total. The molecule has 2 rings (SSSR count). The average Bonchev–Trinajstić information content (AvgIpc) is 2.37. The van der Waals surface area contributed by atoms with E-state index in [1.807, 2.05) is 0 Å². The van der Waals surface area contributed by atoms with E-state index in [1.54, 1.807) is 36.4 Å². The summed E-state index contributed by atoms with van der Waals surface area (Å²) in [5.74, 6) is -0.933. The van der Waals surface area contributed by atoms with Crippen molar-refractivity contribution in [2.75, 3.05) is 6.26 Å². The number of aliphatic carboxylic acids is 1. The molecule has 0 atom stereocenters. The van der Waals surface area contributed by atoms with Crippen molar-refractivity contribution in [2.45, 2.75) is 11.3 Å². The van der Waals surface area contributed by atoms with E-state index >= 15 is 0 Å². The van der Waals surface area contributed by atoms with Crippen LogP contribution in [0.2, 0.25) is 5.02 Å². The van der Waals surface area contributed by atoms with Crippen LogP contribution in [0.3, 0.4) is 0 Å². The number of halogens is 1. The predicted molar refractivity (Wildman–Crippen MR) is 81.3 cm³/mol. The van der Waals surface area contributed by atoms with E-state index in [-0.39, 0.29) is 11.3 Å². The van der Waals surface area contributed by atoms with Gasteiger partial charge in [0.2, 0.25) is 0 Å². The van der Waals surface area contributed by atoms with Gasteiger partial charge in [-0.3, -0.25) is 4.79 Å². The molecule has 0 aliphatic heterocycles. The van der Waals surface area contributed by atoms with Gasteiger partial charge in [-0.1, -0.05) is 35.9 Å². The van der Waals surface area contributed by atoms with Crippen molar-refractivity contribution in [3.63, 3.8) is 0 Å². The van der Waals surface area contributed by atoms with Gasteiger partial charge < -0.3 is 5.11 Å². The molecule has 0 saturated heterocycles. The third-order valence-electron chi connectivity index (χ3n) is 2.96. The van der Waals surface area contributed by atoms with Gasteiger partial charge in [-0.15, -0.1) is 0 Å². The first-order valence-corrected chi connectivity index (χ1v) is 8.35. The first-order chi connectivity index (χ1) is 9.77. The van der Waals surface area contributed by atoms with E-state index in [1.165, 1.54) is 6.07 Å². The number of benzene rings is 2. The van der Waals surface area contributed by atoms with Crippen LogP contribution in [0.4, 0.5) is 0 Å². The Bertz CT molecular complexity index is 797. The van der Waals surface area contributed by atoms with Crippen molar-refractivity contribution in [1.82, 2.24) is 0 Å². The SMILES string of the molecule is CS(=O)(=O)c1cccc(-c2ccc(CC(=O)O)cc2Cl)c1. The smallest absolute Gasteiger partial charge is 0.307 e. The number of rotatable bonds is 4. The van der Waals surface area contributed by atoms with E-state index in [0.717, 1.165) is 6.26 Å².